The van der Waals surface area contributed by atoms with E-state index < -0.39 is 0 Å². The molecular formula is C15H21NO2. The second-order valence-electron chi connectivity index (χ2n) is 4.94. The molecule has 1 aliphatic heterocycles. The van der Waals surface area contributed by atoms with Crippen LogP contribution in [0.25, 0.3) is 0 Å². The number of ether oxygens (including phenoxy) is 1. The maximum absolute atomic E-state index is 10.5. The third-order valence-corrected chi connectivity index (χ3v) is 3.52. The number of benzene rings is 1. The minimum Gasteiger partial charge on any atom is -0.492 e. The average molecular weight is 247 g/mol. The molecule has 1 aromatic carbocycles. The highest BCUT2D eigenvalue weighted by Gasteiger charge is 2.16. The number of rotatable bonds is 5. The number of aldehydes is 1. The first-order valence-electron chi connectivity index (χ1n) is 6.71. The van der Waals surface area contributed by atoms with Crippen molar-refractivity contribution < 1.29 is 9.53 Å². The lowest BCUT2D eigenvalue weighted by atomic mass is 10.1. The van der Waals surface area contributed by atoms with Crippen molar-refractivity contribution in [1.29, 1.82) is 0 Å². The number of carbonyl (C=O) groups excluding carboxylic acids is 1. The van der Waals surface area contributed by atoms with Gasteiger partial charge in [0.05, 0.1) is 0 Å². The largest absolute Gasteiger partial charge is 0.492 e. The van der Waals surface area contributed by atoms with E-state index in [1.165, 1.54) is 32.4 Å². The van der Waals surface area contributed by atoms with Crippen molar-refractivity contribution in [1.82, 2.24) is 4.90 Å². The first-order valence-corrected chi connectivity index (χ1v) is 6.71. The van der Waals surface area contributed by atoms with Crippen molar-refractivity contribution in [3.8, 4) is 5.75 Å². The Morgan fingerprint density at radius 3 is 2.50 bits per heavy atom. The SMILES string of the molecule is CC(COc1ccc(C=O)cc1)N1CCCCC1. The Bertz CT molecular complexity index is 369. The van der Waals surface area contributed by atoms with Crippen LogP contribution < -0.4 is 4.74 Å². The average Bonchev–Trinajstić information content (AvgIpc) is 2.46. The van der Waals surface area contributed by atoms with Gasteiger partial charge >= 0.3 is 0 Å². The van der Waals surface area contributed by atoms with Crippen molar-refractivity contribution in [2.24, 2.45) is 0 Å². The highest BCUT2D eigenvalue weighted by atomic mass is 16.5. The Labute approximate surface area is 109 Å². The Morgan fingerprint density at radius 1 is 1.22 bits per heavy atom. The molecule has 0 spiro atoms. The Balaban J connectivity index is 1.80. The third-order valence-electron chi connectivity index (χ3n) is 3.52. The molecule has 0 saturated carbocycles. The molecule has 3 heteroatoms. The second-order valence-corrected chi connectivity index (χ2v) is 4.94. The van der Waals surface area contributed by atoms with Gasteiger partial charge in [0.25, 0.3) is 0 Å². The van der Waals surface area contributed by atoms with Crippen LogP contribution in [0.3, 0.4) is 0 Å². The zero-order valence-electron chi connectivity index (χ0n) is 11.0. The molecule has 0 aromatic heterocycles. The van der Waals surface area contributed by atoms with Crippen LogP contribution >= 0.6 is 0 Å². The summed E-state index contributed by atoms with van der Waals surface area (Å²) >= 11 is 0. The first kappa shape index (κ1) is 13.1. The van der Waals surface area contributed by atoms with Gasteiger partial charge in [-0.25, -0.2) is 0 Å². The predicted molar refractivity (Wildman–Crippen MR) is 72.2 cm³/mol. The number of carbonyl (C=O) groups is 1. The lowest BCUT2D eigenvalue weighted by Gasteiger charge is -2.32. The third kappa shape index (κ3) is 3.57. The summed E-state index contributed by atoms with van der Waals surface area (Å²) in [5.41, 5.74) is 0.687. The molecule has 1 unspecified atom stereocenters. The molecule has 1 fully saturated rings. The Kier molecular flexibility index (Phi) is 4.76. The molecule has 0 aliphatic carbocycles. The minimum atomic E-state index is 0.455. The van der Waals surface area contributed by atoms with E-state index >= 15 is 0 Å². The molecule has 0 radical (unpaired) electrons. The van der Waals surface area contributed by atoms with E-state index in [4.69, 9.17) is 4.74 Å². The van der Waals surface area contributed by atoms with Gasteiger partial charge in [0.1, 0.15) is 18.6 Å². The van der Waals surface area contributed by atoms with Crippen molar-refractivity contribution >= 4 is 6.29 Å². The van der Waals surface area contributed by atoms with Gasteiger partial charge in [-0.3, -0.25) is 9.69 Å². The number of nitrogens with zero attached hydrogens (tertiary/aromatic N) is 1. The zero-order valence-corrected chi connectivity index (χ0v) is 11.0. The highest BCUT2D eigenvalue weighted by Crippen LogP contribution is 2.15. The van der Waals surface area contributed by atoms with E-state index in [1.54, 1.807) is 12.1 Å². The summed E-state index contributed by atoms with van der Waals surface area (Å²) in [5, 5.41) is 0. The van der Waals surface area contributed by atoms with E-state index in [9.17, 15) is 4.79 Å². The smallest absolute Gasteiger partial charge is 0.150 e. The van der Waals surface area contributed by atoms with Gasteiger partial charge < -0.3 is 4.74 Å². The summed E-state index contributed by atoms with van der Waals surface area (Å²) in [6, 6.07) is 7.73. The van der Waals surface area contributed by atoms with Crippen LogP contribution in [0.15, 0.2) is 24.3 Å². The summed E-state index contributed by atoms with van der Waals surface area (Å²) in [7, 11) is 0. The standard InChI is InChI=1S/C15H21NO2/c1-13(16-9-3-2-4-10-16)12-18-15-7-5-14(11-17)6-8-15/h5-8,11,13H,2-4,9-10,12H2,1H3. The maximum atomic E-state index is 10.5. The van der Waals surface area contributed by atoms with Crippen LogP contribution in [0.2, 0.25) is 0 Å². The molecule has 0 amide bonds. The normalized spacial score (nSPS) is 18.3. The quantitative estimate of drug-likeness (QED) is 0.749. The Hall–Kier alpha value is -1.35. The molecule has 1 atom stereocenters. The topological polar surface area (TPSA) is 29.5 Å². The van der Waals surface area contributed by atoms with Crippen LogP contribution in [0.4, 0.5) is 0 Å². The fraction of sp³-hybridized carbons (Fsp3) is 0.533. The number of piperidine rings is 1. The van der Waals surface area contributed by atoms with Crippen molar-refractivity contribution in [2.45, 2.75) is 32.2 Å². The van der Waals surface area contributed by atoms with Crippen LogP contribution in [0, 0.1) is 0 Å². The number of hydrogen-bond acceptors (Lipinski definition) is 3. The summed E-state index contributed by atoms with van der Waals surface area (Å²) in [4.78, 5) is 13.0. The van der Waals surface area contributed by atoms with Crippen molar-refractivity contribution in [2.75, 3.05) is 19.7 Å². The van der Waals surface area contributed by atoms with Crippen LogP contribution in [-0.2, 0) is 0 Å². The van der Waals surface area contributed by atoms with E-state index in [-0.39, 0.29) is 0 Å². The number of likely N-dealkylation sites (tertiary alicyclic amines) is 1. The van der Waals surface area contributed by atoms with Gasteiger partial charge in [0.2, 0.25) is 0 Å². The van der Waals surface area contributed by atoms with E-state index in [0.717, 1.165) is 12.0 Å². The zero-order chi connectivity index (χ0) is 12.8. The monoisotopic (exact) mass is 247 g/mol. The summed E-state index contributed by atoms with van der Waals surface area (Å²) in [6.07, 6.45) is 4.81. The first-order chi connectivity index (χ1) is 8.79. The molecule has 98 valence electrons. The lowest BCUT2D eigenvalue weighted by molar-refractivity contribution is 0.112. The van der Waals surface area contributed by atoms with Crippen molar-refractivity contribution in [3.63, 3.8) is 0 Å². The molecule has 3 nitrogen and oxygen atoms in total. The van der Waals surface area contributed by atoms with Crippen molar-refractivity contribution in [3.05, 3.63) is 29.8 Å². The lowest BCUT2D eigenvalue weighted by Crippen LogP contribution is -2.40. The van der Waals surface area contributed by atoms with E-state index in [1.807, 2.05) is 12.1 Å². The van der Waals surface area contributed by atoms with E-state index in [0.29, 0.717) is 18.2 Å². The Morgan fingerprint density at radius 2 is 1.89 bits per heavy atom. The maximum Gasteiger partial charge on any atom is 0.150 e. The molecule has 0 bridgehead atoms. The second kappa shape index (κ2) is 6.55. The highest BCUT2D eigenvalue weighted by molar-refractivity contribution is 5.74. The molecular weight excluding hydrogens is 226 g/mol. The molecule has 0 N–H and O–H groups in total. The van der Waals surface area contributed by atoms with Gasteiger partial charge in [0, 0.05) is 11.6 Å². The molecule has 18 heavy (non-hydrogen) atoms. The van der Waals surface area contributed by atoms with E-state index in [2.05, 4.69) is 11.8 Å². The van der Waals surface area contributed by atoms with Gasteiger partial charge in [-0.05, 0) is 57.1 Å². The number of hydrogen-bond donors (Lipinski definition) is 0. The molecule has 1 saturated heterocycles. The van der Waals surface area contributed by atoms with Crippen LogP contribution in [0.5, 0.6) is 5.75 Å². The summed E-state index contributed by atoms with van der Waals surface area (Å²) in [5.74, 6) is 0.837. The fourth-order valence-corrected chi connectivity index (χ4v) is 2.32. The van der Waals surface area contributed by atoms with Crippen LogP contribution in [0.1, 0.15) is 36.5 Å². The van der Waals surface area contributed by atoms with Gasteiger partial charge in [-0.2, -0.15) is 0 Å². The van der Waals surface area contributed by atoms with Gasteiger partial charge in [-0.15, -0.1) is 0 Å². The molecule has 1 aromatic rings. The molecule has 1 aliphatic rings. The predicted octanol–water partition coefficient (Wildman–Crippen LogP) is 2.75. The van der Waals surface area contributed by atoms with Gasteiger partial charge in [0.15, 0.2) is 0 Å². The van der Waals surface area contributed by atoms with Gasteiger partial charge in [-0.1, -0.05) is 6.42 Å². The summed E-state index contributed by atoms with van der Waals surface area (Å²) in [6.45, 7) is 5.30. The molecule has 1 heterocycles. The fourth-order valence-electron chi connectivity index (χ4n) is 2.32. The summed E-state index contributed by atoms with van der Waals surface area (Å²) < 4.78 is 5.76. The molecule has 2 rings (SSSR count). The van der Waals surface area contributed by atoms with Crippen LogP contribution in [-0.4, -0.2) is 36.9 Å². The minimum absolute atomic E-state index is 0.455.